The predicted octanol–water partition coefficient (Wildman–Crippen LogP) is 5.15. The summed E-state index contributed by atoms with van der Waals surface area (Å²) in [6.45, 7) is 9.03. The Labute approximate surface area is 195 Å². The SMILES string of the molecule is CN1CN([C@H]2CC[C@H](CBr)CC2)c2c(cnc3c2ccn3COCC[Si](C)(C)C)C1=O. The van der Waals surface area contributed by atoms with Gasteiger partial charge in [-0.2, -0.15) is 0 Å². The van der Waals surface area contributed by atoms with Crippen LogP contribution in [0.1, 0.15) is 36.0 Å². The second kappa shape index (κ2) is 9.23. The van der Waals surface area contributed by atoms with E-state index in [1.165, 1.54) is 25.7 Å². The number of aromatic nitrogens is 2. The molecule has 1 aliphatic heterocycles. The van der Waals surface area contributed by atoms with Gasteiger partial charge in [0.1, 0.15) is 12.4 Å². The molecule has 0 unspecified atom stereocenters. The Morgan fingerprint density at radius 2 is 1.97 bits per heavy atom. The maximum absolute atomic E-state index is 12.9. The normalized spacial score (nSPS) is 22.3. The highest BCUT2D eigenvalue weighted by molar-refractivity contribution is 9.09. The van der Waals surface area contributed by atoms with Crippen LogP contribution < -0.4 is 4.90 Å². The molecule has 0 N–H and O–H groups in total. The standard InChI is InChI=1S/C23H35BrN4O2Si/c1-26-15-28(18-7-5-17(13-24)6-8-18)21-19-9-10-27(16-30-11-12-31(2,3)4)22(19)25-14-20(21)23(26)29/h9-10,14,17-18H,5-8,11-13,15-16H2,1-4H3/t17-,18-. The lowest BCUT2D eigenvalue weighted by molar-refractivity contribution is 0.0774. The van der Waals surface area contributed by atoms with Gasteiger partial charge in [-0.3, -0.25) is 4.79 Å². The lowest BCUT2D eigenvalue weighted by atomic mass is 9.86. The van der Waals surface area contributed by atoms with Crippen LogP contribution in [0.3, 0.4) is 0 Å². The van der Waals surface area contributed by atoms with E-state index in [2.05, 4.69) is 62.3 Å². The van der Waals surface area contributed by atoms with Crippen molar-refractivity contribution in [2.24, 2.45) is 5.92 Å². The molecular formula is C23H35BrN4O2Si. The summed E-state index contributed by atoms with van der Waals surface area (Å²) in [6.07, 6.45) is 8.63. The molecule has 0 spiro atoms. The fourth-order valence-electron chi connectivity index (χ4n) is 4.71. The molecule has 4 rings (SSSR count). The number of rotatable bonds is 7. The van der Waals surface area contributed by atoms with Crippen LogP contribution in [0, 0.1) is 5.92 Å². The lowest BCUT2D eigenvalue weighted by Crippen LogP contribution is -2.50. The fraction of sp³-hybridized carbons (Fsp3) is 0.652. The number of nitrogens with zero attached hydrogens (tertiary/aromatic N) is 4. The van der Waals surface area contributed by atoms with Gasteiger partial charge in [-0.1, -0.05) is 35.6 Å². The molecule has 1 saturated carbocycles. The molecular weight excluding hydrogens is 472 g/mol. The number of ether oxygens (including phenoxy) is 1. The van der Waals surface area contributed by atoms with Gasteiger partial charge >= 0.3 is 0 Å². The van der Waals surface area contributed by atoms with Crippen molar-refractivity contribution in [2.75, 3.05) is 30.6 Å². The molecule has 3 heterocycles. The second-order valence-electron chi connectivity index (χ2n) is 10.3. The number of amides is 1. The molecule has 6 nitrogen and oxygen atoms in total. The van der Waals surface area contributed by atoms with Gasteiger partial charge in [0.15, 0.2) is 0 Å². The van der Waals surface area contributed by atoms with E-state index < -0.39 is 8.07 Å². The minimum atomic E-state index is -1.10. The van der Waals surface area contributed by atoms with Gasteiger partial charge in [-0.05, 0) is 43.7 Å². The maximum Gasteiger partial charge on any atom is 0.258 e. The van der Waals surface area contributed by atoms with E-state index in [4.69, 9.17) is 4.74 Å². The number of carbonyl (C=O) groups excluding carboxylic acids is 1. The Morgan fingerprint density at radius 3 is 2.65 bits per heavy atom. The van der Waals surface area contributed by atoms with Crippen LogP contribution in [-0.2, 0) is 11.5 Å². The van der Waals surface area contributed by atoms with Gasteiger partial charge in [-0.15, -0.1) is 0 Å². The van der Waals surface area contributed by atoms with E-state index in [0.717, 1.165) is 46.2 Å². The minimum Gasteiger partial charge on any atom is -0.361 e. The number of hydrogen-bond acceptors (Lipinski definition) is 4. The van der Waals surface area contributed by atoms with Crippen molar-refractivity contribution in [3.8, 4) is 0 Å². The number of alkyl halides is 1. The van der Waals surface area contributed by atoms with Crippen molar-refractivity contribution in [1.29, 1.82) is 0 Å². The van der Waals surface area contributed by atoms with E-state index in [1.807, 2.05) is 11.9 Å². The molecule has 0 aromatic carbocycles. The molecule has 0 atom stereocenters. The van der Waals surface area contributed by atoms with Crippen molar-refractivity contribution in [3.63, 3.8) is 0 Å². The topological polar surface area (TPSA) is 50.6 Å². The van der Waals surface area contributed by atoms with E-state index in [1.54, 1.807) is 6.20 Å². The van der Waals surface area contributed by atoms with Crippen LogP contribution in [0.25, 0.3) is 11.0 Å². The van der Waals surface area contributed by atoms with Gasteiger partial charge in [0.25, 0.3) is 5.91 Å². The summed E-state index contributed by atoms with van der Waals surface area (Å²) in [4.78, 5) is 21.9. The molecule has 8 heteroatoms. The molecule has 0 radical (unpaired) electrons. The summed E-state index contributed by atoms with van der Waals surface area (Å²) < 4.78 is 8.05. The largest absolute Gasteiger partial charge is 0.361 e. The first-order chi connectivity index (χ1) is 14.8. The smallest absolute Gasteiger partial charge is 0.258 e. The Hall–Kier alpha value is -1.38. The molecule has 170 valence electrons. The average molecular weight is 508 g/mol. The summed E-state index contributed by atoms with van der Waals surface area (Å²) >= 11 is 3.65. The molecule has 1 fully saturated rings. The summed E-state index contributed by atoms with van der Waals surface area (Å²) in [6, 6.07) is 3.73. The number of pyridine rings is 1. The number of fused-ring (bicyclic) bond motifs is 3. The first-order valence-corrected chi connectivity index (χ1v) is 16.2. The molecule has 2 aliphatic rings. The van der Waals surface area contributed by atoms with E-state index in [9.17, 15) is 4.79 Å². The van der Waals surface area contributed by atoms with Crippen molar-refractivity contribution in [3.05, 3.63) is 24.0 Å². The average Bonchev–Trinajstić information content (AvgIpc) is 3.16. The van der Waals surface area contributed by atoms with Crippen LogP contribution in [0.2, 0.25) is 25.7 Å². The fourth-order valence-corrected chi connectivity index (χ4v) is 6.12. The van der Waals surface area contributed by atoms with Crippen LogP contribution in [-0.4, -0.2) is 60.1 Å². The zero-order valence-electron chi connectivity index (χ0n) is 19.2. The molecule has 0 saturated heterocycles. The molecule has 0 bridgehead atoms. The predicted molar refractivity (Wildman–Crippen MR) is 133 cm³/mol. The number of halogens is 1. The Kier molecular flexibility index (Phi) is 6.79. The first-order valence-electron chi connectivity index (χ1n) is 11.4. The number of carbonyl (C=O) groups is 1. The highest BCUT2D eigenvalue weighted by Crippen LogP contribution is 2.39. The molecule has 2 aromatic heterocycles. The third-order valence-electron chi connectivity index (χ3n) is 6.69. The van der Waals surface area contributed by atoms with E-state index >= 15 is 0 Å². The Bertz CT molecular complexity index is 934. The Balaban J connectivity index is 1.61. The second-order valence-corrected chi connectivity index (χ2v) is 16.6. The van der Waals surface area contributed by atoms with Crippen molar-refractivity contribution < 1.29 is 9.53 Å². The molecule has 1 aliphatic carbocycles. The van der Waals surface area contributed by atoms with E-state index in [0.29, 0.717) is 19.4 Å². The van der Waals surface area contributed by atoms with Crippen molar-refractivity contribution in [1.82, 2.24) is 14.5 Å². The van der Waals surface area contributed by atoms with E-state index in [-0.39, 0.29) is 5.91 Å². The van der Waals surface area contributed by atoms with Crippen LogP contribution >= 0.6 is 15.9 Å². The monoisotopic (exact) mass is 506 g/mol. The first kappa shape index (κ1) is 22.8. The number of anilines is 1. The highest BCUT2D eigenvalue weighted by atomic mass is 79.9. The molecule has 1 amide bonds. The minimum absolute atomic E-state index is 0.0638. The van der Waals surface area contributed by atoms with Crippen molar-refractivity contribution in [2.45, 2.75) is 64.1 Å². The quantitative estimate of drug-likeness (QED) is 0.296. The van der Waals surface area contributed by atoms with Crippen molar-refractivity contribution >= 4 is 46.6 Å². The van der Waals surface area contributed by atoms with Crippen LogP contribution in [0.5, 0.6) is 0 Å². The molecule has 2 aromatic rings. The van der Waals surface area contributed by atoms with Gasteiger partial charge < -0.3 is 19.1 Å². The van der Waals surface area contributed by atoms with Crippen LogP contribution in [0.15, 0.2) is 18.5 Å². The Morgan fingerprint density at radius 1 is 1.23 bits per heavy atom. The summed E-state index contributed by atoms with van der Waals surface area (Å²) in [7, 11) is 0.788. The molecule has 31 heavy (non-hydrogen) atoms. The van der Waals surface area contributed by atoms with Crippen LogP contribution in [0.4, 0.5) is 5.69 Å². The summed E-state index contributed by atoms with van der Waals surface area (Å²) in [5.41, 5.74) is 2.70. The zero-order valence-corrected chi connectivity index (χ0v) is 21.8. The van der Waals surface area contributed by atoms with Gasteiger partial charge in [0.05, 0.1) is 17.9 Å². The maximum atomic E-state index is 12.9. The third kappa shape index (κ3) is 4.86. The number of hydrogen-bond donors (Lipinski definition) is 0. The van der Waals surface area contributed by atoms with Gasteiger partial charge in [0, 0.05) is 50.9 Å². The zero-order chi connectivity index (χ0) is 22.2. The van der Waals surface area contributed by atoms with Gasteiger partial charge in [-0.25, -0.2) is 4.98 Å². The lowest BCUT2D eigenvalue weighted by Gasteiger charge is -2.43. The summed E-state index contributed by atoms with van der Waals surface area (Å²) in [5, 5.41) is 2.15. The van der Waals surface area contributed by atoms with Gasteiger partial charge in [0.2, 0.25) is 0 Å². The third-order valence-corrected chi connectivity index (χ3v) is 9.31. The summed E-state index contributed by atoms with van der Waals surface area (Å²) in [5.74, 6) is 0.834. The highest BCUT2D eigenvalue weighted by Gasteiger charge is 2.35.